The minimum absolute atomic E-state index is 0.102. The molecule has 0 radical (unpaired) electrons. The number of carbonyl (C=O) groups is 1. The highest BCUT2D eigenvalue weighted by Gasteiger charge is 2.19. The Balaban J connectivity index is 4.28. The molecule has 15 heavy (non-hydrogen) atoms. The predicted octanol–water partition coefficient (Wildman–Crippen LogP) is 2.44. The molecule has 3 nitrogen and oxygen atoms in total. The quantitative estimate of drug-likeness (QED) is 0.639. The van der Waals surface area contributed by atoms with Gasteiger partial charge in [0.25, 0.3) is 0 Å². The van der Waals surface area contributed by atoms with Crippen molar-refractivity contribution in [1.29, 1.82) is 0 Å². The highest BCUT2D eigenvalue weighted by Crippen LogP contribution is 2.09. The molecule has 0 aliphatic rings. The molecule has 0 bridgehead atoms. The van der Waals surface area contributed by atoms with Gasteiger partial charge >= 0.3 is 0 Å². The lowest BCUT2D eigenvalue weighted by molar-refractivity contribution is -0.138. The van der Waals surface area contributed by atoms with Gasteiger partial charge in [-0.05, 0) is 19.8 Å². The van der Waals surface area contributed by atoms with Gasteiger partial charge in [-0.2, -0.15) is 0 Å². The summed E-state index contributed by atoms with van der Waals surface area (Å²) in [6, 6.07) is 0.343. The first-order valence-corrected chi connectivity index (χ1v) is 6.76. The minimum atomic E-state index is 0.102. The summed E-state index contributed by atoms with van der Waals surface area (Å²) in [4.78, 5) is 13.8. The van der Waals surface area contributed by atoms with E-state index in [9.17, 15) is 4.79 Å². The van der Waals surface area contributed by atoms with Crippen molar-refractivity contribution in [2.24, 2.45) is 0 Å². The third kappa shape index (κ3) is 5.52. The molecule has 0 aromatic carbocycles. The average molecular weight is 280 g/mol. The van der Waals surface area contributed by atoms with E-state index in [1.165, 1.54) is 0 Å². The maximum Gasteiger partial charge on any atom is 0.248 e. The molecule has 0 saturated heterocycles. The molecular formula is C11H22BrNO2. The molecule has 0 atom stereocenters. The normalized spacial score (nSPS) is 10.7. The van der Waals surface area contributed by atoms with Crippen LogP contribution in [0.1, 0.15) is 33.6 Å². The maximum absolute atomic E-state index is 11.8. The van der Waals surface area contributed by atoms with Crippen LogP contribution < -0.4 is 0 Å². The number of rotatable bonds is 8. The van der Waals surface area contributed by atoms with E-state index in [1.54, 1.807) is 0 Å². The first kappa shape index (κ1) is 14.9. The van der Waals surface area contributed by atoms with E-state index < -0.39 is 0 Å². The molecule has 0 rings (SSSR count). The van der Waals surface area contributed by atoms with Crippen LogP contribution in [0.3, 0.4) is 0 Å². The molecule has 0 aromatic rings. The summed E-state index contributed by atoms with van der Waals surface area (Å²) in [5.74, 6) is 0.102. The molecule has 0 N–H and O–H groups in total. The Kier molecular flexibility index (Phi) is 9.10. The number of nitrogens with zero attached hydrogens (tertiary/aromatic N) is 1. The maximum atomic E-state index is 11.8. The summed E-state index contributed by atoms with van der Waals surface area (Å²) >= 11 is 3.38. The topological polar surface area (TPSA) is 29.5 Å². The van der Waals surface area contributed by atoms with Crippen molar-refractivity contribution in [3.8, 4) is 0 Å². The summed E-state index contributed by atoms with van der Waals surface area (Å²) in [5.41, 5.74) is 0. The number of carbonyl (C=O) groups excluding carboxylic acids is 1. The van der Waals surface area contributed by atoms with Crippen LogP contribution >= 0.6 is 15.9 Å². The van der Waals surface area contributed by atoms with Crippen molar-refractivity contribution < 1.29 is 9.53 Å². The zero-order valence-corrected chi connectivity index (χ0v) is 11.5. The van der Waals surface area contributed by atoms with Crippen molar-refractivity contribution >= 4 is 21.8 Å². The third-order valence-corrected chi connectivity index (χ3v) is 2.81. The molecule has 0 heterocycles. The zero-order valence-electron chi connectivity index (χ0n) is 9.96. The molecule has 0 aliphatic carbocycles. The van der Waals surface area contributed by atoms with Gasteiger partial charge in [-0.1, -0.05) is 29.8 Å². The lowest BCUT2D eigenvalue weighted by Gasteiger charge is -2.30. The molecule has 0 saturated carbocycles. The molecule has 0 aromatic heterocycles. The van der Waals surface area contributed by atoms with Gasteiger partial charge in [-0.25, -0.2) is 0 Å². The fourth-order valence-corrected chi connectivity index (χ4v) is 1.99. The van der Waals surface area contributed by atoms with Gasteiger partial charge in [-0.15, -0.1) is 0 Å². The molecule has 0 aliphatic heterocycles. The number of halogens is 1. The fraction of sp³-hybridized carbons (Fsp3) is 0.909. The van der Waals surface area contributed by atoms with Crippen molar-refractivity contribution in [1.82, 2.24) is 4.90 Å². The van der Waals surface area contributed by atoms with Crippen LogP contribution in [0.25, 0.3) is 0 Å². The van der Waals surface area contributed by atoms with Crippen LogP contribution in [0, 0.1) is 0 Å². The molecule has 0 fully saturated rings. The monoisotopic (exact) mass is 279 g/mol. The van der Waals surface area contributed by atoms with E-state index in [-0.39, 0.29) is 12.5 Å². The number of hydrogen-bond donors (Lipinski definition) is 0. The second kappa shape index (κ2) is 9.16. The summed E-state index contributed by atoms with van der Waals surface area (Å²) in [6.07, 6.45) is 2.00. The molecule has 90 valence electrons. The van der Waals surface area contributed by atoms with Gasteiger partial charge in [0.05, 0.1) is 0 Å². The fourth-order valence-electron chi connectivity index (χ4n) is 1.60. The van der Waals surface area contributed by atoms with Crippen LogP contribution in [-0.2, 0) is 9.53 Å². The Hall–Kier alpha value is -0.0900. The van der Waals surface area contributed by atoms with Gasteiger partial charge in [-0.3, -0.25) is 4.79 Å². The third-order valence-electron chi connectivity index (χ3n) is 2.46. The van der Waals surface area contributed by atoms with E-state index >= 15 is 0 Å². The van der Waals surface area contributed by atoms with Gasteiger partial charge in [0.1, 0.15) is 6.61 Å². The highest BCUT2D eigenvalue weighted by molar-refractivity contribution is 9.09. The van der Waals surface area contributed by atoms with Crippen molar-refractivity contribution in [2.75, 3.05) is 25.1 Å². The van der Waals surface area contributed by atoms with Crippen LogP contribution in [-0.4, -0.2) is 41.9 Å². The lowest BCUT2D eigenvalue weighted by atomic mass is 10.1. The first-order chi connectivity index (χ1) is 7.21. The van der Waals surface area contributed by atoms with Gasteiger partial charge in [0.15, 0.2) is 0 Å². The van der Waals surface area contributed by atoms with Crippen LogP contribution in [0.15, 0.2) is 0 Å². The standard InChI is InChI=1S/C11H22BrNO2/c1-4-10(5-2)13(8-7-12)11(14)9-15-6-3/h10H,4-9H2,1-3H3. The summed E-state index contributed by atoms with van der Waals surface area (Å²) in [7, 11) is 0. The van der Waals surface area contributed by atoms with Gasteiger partial charge < -0.3 is 9.64 Å². The molecule has 0 unspecified atom stereocenters. The van der Waals surface area contributed by atoms with Gasteiger partial charge in [0.2, 0.25) is 5.91 Å². The molecule has 4 heteroatoms. The predicted molar refractivity (Wildman–Crippen MR) is 66.4 cm³/mol. The second-order valence-corrected chi connectivity index (χ2v) is 4.18. The average Bonchev–Trinajstić information content (AvgIpc) is 2.26. The van der Waals surface area contributed by atoms with E-state index in [0.29, 0.717) is 12.6 Å². The minimum Gasteiger partial charge on any atom is -0.372 e. The zero-order chi connectivity index (χ0) is 11.7. The van der Waals surface area contributed by atoms with E-state index in [1.807, 2.05) is 11.8 Å². The lowest BCUT2D eigenvalue weighted by Crippen LogP contribution is -2.42. The van der Waals surface area contributed by atoms with Crippen LogP contribution in [0.2, 0.25) is 0 Å². The summed E-state index contributed by atoms with van der Waals surface area (Å²) in [5, 5.41) is 0.821. The Bertz CT molecular complexity index is 172. The van der Waals surface area contributed by atoms with E-state index in [0.717, 1.165) is 24.7 Å². The summed E-state index contributed by atoms with van der Waals surface area (Å²) in [6.45, 7) is 7.70. The molecule has 0 spiro atoms. The first-order valence-electron chi connectivity index (χ1n) is 5.64. The Morgan fingerprint density at radius 1 is 1.33 bits per heavy atom. The van der Waals surface area contributed by atoms with Crippen molar-refractivity contribution in [3.05, 3.63) is 0 Å². The van der Waals surface area contributed by atoms with Crippen molar-refractivity contribution in [3.63, 3.8) is 0 Å². The highest BCUT2D eigenvalue weighted by atomic mass is 79.9. The molecule has 1 amide bonds. The molecular weight excluding hydrogens is 258 g/mol. The SMILES string of the molecule is CCOCC(=O)N(CCBr)C(CC)CC. The Morgan fingerprint density at radius 2 is 1.93 bits per heavy atom. The van der Waals surface area contributed by atoms with E-state index in [4.69, 9.17) is 4.74 Å². The van der Waals surface area contributed by atoms with Crippen LogP contribution in [0.4, 0.5) is 0 Å². The summed E-state index contributed by atoms with van der Waals surface area (Å²) < 4.78 is 5.16. The largest absolute Gasteiger partial charge is 0.372 e. The van der Waals surface area contributed by atoms with Crippen molar-refractivity contribution in [2.45, 2.75) is 39.7 Å². The number of ether oxygens (including phenoxy) is 1. The van der Waals surface area contributed by atoms with Crippen LogP contribution in [0.5, 0.6) is 0 Å². The Labute approximate surface area is 101 Å². The smallest absolute Gasteiger partial charge is 0.248 e. The number of hydrogen-bond acceptors (Lipinski definition) is 2. The Morgan fingerprint density at radius 3 is 2.33 bits per heavy atom. The van der Waals surface area contributed by atoms with E-state index in [2.05, 4.69) is 29.8 Å². The van der Waals surface area contributed by atoms with Gasteiger partial charge in [0, 0.05) is 24.5 Å². The second-order valence-electron chi connectivity index (χ2n) is 3.38. The number of amides is 1. The number of alkyl halides is 1.